The molecule has 0 aromatic heterocycles. The summed E-state index contributed by atoms with van der Waals surface area (Å²) in [5.74, 6) is 0. The van der Waals surface area contributed by atoms with E-state index in [1.165, 1.54) is 0 Å². The van der Waals surface area contributed by atoms with Crippen LogP contribution in [0.15, 0.2) is 36.5 Å². The first-order valence-electron chi connectivity index (χ1n) is 4.34. The Hall–Kier alpha value is -0.860. The van der Waals surface area contributed by atoms with E-state index >= 15 is 0 Å². The summed E-state index contributed by atoms with van der Waals surface area (Å²) >= 11 is 0. The predicted molar refractivity (Wildman–Crippen MR) is 53.6 cm³/mol. The first kappa shape index (κ1) is 10.2. The van der Waals surface area contributed by atoms with Crippen LogP contribution in [-0.4, -0.2) is 27.4 Å². The normalized spacial score (nSPS) is 18.9. The van der Waals surface area contributed by atoms with Crippen LogP contribution in [0.1, 0.15) is 0 Å². The van der Waals surface area contributed by atoms with Gasteiger partial charge >= 0.3 is 0 Å². The zero-order valence-electron chi connectivity index (χ0n) is 8.19. The van der Waals surface area contributed by atoms with E-state index in [1.807, 2.05) is 24.3 Å². The van der Waals surface area contributed by atoms with Gasteiger partial charge in [-0.1, -0.05) is 36.5 Å². The monoisotopic (exact) mass is 180 g/mol. The number of hydrogen-bond donors (Lipinski definition) is 0. The average Bonchev–Trinajstić information content (AvgIpc) is 2.32. The summed E-state index contributed by atoms with van der Waals surface area (Å²) in [6.07, 6.45) is 12.3. The van der Waals surface area contributed by atoms with Crippen LogP contribution in [0, 0.1) is 5.41 Å². The molecule has 0 saturated carbocycles. The van der Waals surface area contributed by atoms with E-state index < -0.39 is 0 Å². The molecule has 0 amide bonds. The third-order valence-corrected chi connectivity index (χ3v) is 2.02. The van der Waals surface area contributed by atoms with Crippen LogP contribution in [0.5, 0.6) is 0 Å². The Morgan fingerprint density at radius 3 is 1.69 bits per heavy atom. The van der Waals surface area contributed by atoms with Gasteiger partial charge in [-0.15, -0.1) is 0 Å². The van der Waals surface area contributed by atoms with E-state index in [0.29, 0.717) is 13.2 Å². The molecule has 0 saturated heterocycles. The molecule has 1 rings (SSSR count). The molecule has 0 N–H and O–H groups in total. The van der Waals surface area contributed by atoms with Crippen molar-refractivity contribution in [3.8, 4) is 0 Å². The highest BCUT2D eigenvalue weighted by atomic mass is 16.5. The number of rotatable bonds is 4. The Morgan fingerprint density at radius 2 is 1.31 bits per heavy atom. The van der Waals surface area contributed by atoms with Gasteiger partial charge in [0.2, 0.25) is 0 Å². The molecule has 13 heavy (non-hydrogen) atoms. The molecule has 2 nitrogen and oxygen atoms in total. The summed E-state index contributed by atoms with van der Waals surface area (Å²) in [6, 6.07) is 0. The molecule has 72 valence electrons. The molecule has 0 bridgehead atoms. The third kappa shape index (κ3) is 2.83. The Balaban J connectivity index is 2.76. The molecule has 1 aliphatic rings. The molecule has 0 fully saturated rings. The van der Waals surface area contributed by atoms with Gasteiger partial charge in [0.15, 0.2) is 0 Å². The second-order valence-electron chi connectivity index (χ2n) is 3.20. The fourth-order valence-electron chi connectivity index (χ4n) is 1.45. The van der Waals surface area contributed by atoms with Crippen molar-refractivity contribution in [3.05, 3.63) is 36.5 Å². The maximum atomic E-state index is 5.18. The quantitative estimate of drug-likeness (QED) is 0.658. The second kappa shape index (κ2) is 5.00. The van der Waals surface area contributed by atoms with Crippen LogP contribution >= 0.6 is 0 Å². The van der Waals surface area contributed by atoms with Crippen molar-refractivity contribution in [1.82, 2.24) is 0 Å². The standard InChI is InChI=1S/C11H16O2/c1-12-9-11(10-13-2)7-5-3-4-6-8-11/h3-8H,9-10H2,1-2H3. The van der Waals surface area contributed by atoms with E-state index in [0.717, 1.165) is 0 Å². The van der Waals surface area contributed by atoms with Crippen LogP contribution in [0.25, 0.3) is 0 Å². The van der Waals surface area contributed by atoms with Gasteiger partial charge in [0.1, 0.15) is 0 Å². The summed E-state index contributed by atoms with van der Waals surface area (Å²) in [6.45, 7) is 1.30. The smallest absolute Gasteiger partial charge is 0.0610 e. The van der Waals surface area contributed by atoms with E-state index in [2.05, 4.69) is 12.2 Å². The van der Waals surface area contributed by atoms with E-state index in [4.69, 9.17) is 9.47 Å². The minimum Gasteiger partial charge on any atom is -0.383 e. The van der Waals surface area contributed by atoms with Crippen molar-refractivity contribution in [2.24, 2.45) is 5.41 Å². The molecule has 0 aliphatic heterocycles. The van der Waals surface area contributed by atoms with Gasteiger partial charge in [0.05, 0.1) is 18.6 Å². The van der Waals surface area contributed by atoms with Gasteiger partial charge in [-0.05, 0) is 0 Å². The number of methoxy groups -OCH3 is 2. The first-order valence-corrected chi connectivity index (χ1v) is 4.34. The zero-order valence-corrected chi connectivity index (χ0v) is 8.19. The van der Waals surface area contributed by atoms with Crippen LogP contribution in [0.2, 0.25) is 0 Å². The number of allylic oxidation sites excluding steroid dienone is 4. The highest BCUT2D eigenvalue weighted by Gasteiger charge is 2.23. The molecular weight excluding hydrogens is 164 g/mol. The molecule has 0 spiro atoms. The predicted octanol–water partition coefficient (Wildman–Crippen LogP) is 1.95. The first-order chi connectivity index (χ1) is 6.33. The average molecular weight is 180 g/mol. The van der Waals surface area contributed by atoms with E-state index in [9.17, 15) is 0 Å². The van der Waals surface area contributed by atoms with E-state index in [-0.39, 0.29) is 5.41 Å². The maximum absolute atomic E-state index is 5.18. The van der Waals surface area contributed by atoms with E-state index in [1.54, 1.807) is 14.2 Å². The van der Waals surface area contributed by atoms with Crippen LogP contribution in [0.3, 0.4) is 0 Å². The Morgan fingerprint density at radius 1 is 0.846 bits per heavy atom. The molecule has 0 aromatic rings. The summed E-state index contributed by atoms with van der Waals surface area (Å²) in [7, 11) is 3.41. The summed E-state index contributed by atoms with van der Waals surface area (Å²) in [5.41, 5.74) is -0.104. The highest BCUT2D eigenvalue weighted by Crippen LogP contribution is 2.23. The summed E-state index contributed by atoms with van der Waals surface area (Å²) < 4.78 is 10.4. The zero-order chi connectivity index (χ0) is 9.57. The van der Waals surface area contributed by atoms with Crippen molar-refractivity contribution in [3.63, 3.8) is 0 Å². The van der Waals surface area contributed by atoms with Crippen molar-refractivity contribution < 1.29 is 9.47 Å². The third-order valence-electron chi connectivity index (χ3n) is 2.02. The molecular formula is C11H16O2. The Labute approximate surface area is 79.5 Å². The van der Waals surface area contributed by atoms with Crippen molar-refractivity contribution in [2.45, 2.75) is 0 Å². The Kier molecular flexibility index (Phi) is 3.93. The van der Waals surface area contributed by atoms with Gasteiger partial charge in [-0.25, -0.2) is 0 Å². The molecule has 0 unspecified atom stereocenters. The van der Waals surface area contributed by atoms with Gasteiger partial charge in [-0.2, -0.15) is 0 Å². The van der Waals surface area contributed by atoms with Gasteiger partial charge < -0.3 is 9.47 Å². The number of hydrogen-bond acceptors (Lipinski definition) is 2. The van der Waals surface area contributed by atoms with Gasteiger partial charge in [0.25, 0.3) is 0 Å². The lowest BCUT2D eigenvalue weighted by Crippen LogP contribution is -2.27. The van der Waals surface area contributed by atoms with Gasteiger partial charge in [0, 0.05) is 14.2 Å². The topological polar surface area (TPSA) is 18.5 Å². The van der Waals surface area contributed by atoms with Crippen LogP contribution in [0.4, 0.5) is 0 Å². The molecule has 0 radical (unpaired) electrons. The molecule has 2 heteroatoms. The SMILES string of the molecule is COCC1(COC)C=CC=CC=C1. The fraction of sp³-hybridized carbons (Fsp3) is 0.455. The van der Waals surface area contributed by atoms with Crippen molar-refractivity contribution >= 4 is 0 Å². The lowest BCUT2D eigenvalue weighted by Gasteiger charge is -2.24. The minimum atomic E-state index is -0.104. The minimum absolute atomic E-state index is 0.104. The molecule has 0 heterocycles. The number of ether oxygens (including phenoxy) is 2. The summed E-state index contributed by atoms with van der Waals surface area (Å²) in [5, 5.41) is 0. The fourth-order valence-corrected chi connectivity index (χ4v) is 1.45. The molecule has 0 atom stereocenters. The van der Waals surface area contributed by atoms with Gasteiger partial charge in [-0.3, -0.25) is 0 Å². The van der Waals surface area contributed by atoms with Crippen molar-refractivity contribution in [2.75, 3.05) is 27.4 Å². The maximum Gasteiger partial charge on any atom is 0.0610 e. The highest BCUT2D eigenvalue weighted by molar-refractivity contribution is 5.24. The summed E-state index contributed by atoms with van der Waals surface area (Å²) in [4.78, 5) is 0. The molecule has 1 aliphatic carbocycles. The van der Waals surface area contributed by atoms with Crippen LogP contribution < -0.4 is 0 Å². The largest absolute Gasteiger partial charge is 0.383 e. The lowest BCUT2D eigenvalue weighted by atomic mass is 9.89. The Bertz CT molecular complexity index is 202. The lowest BCUT2D eigenvalue weighted by molar-refractivity contribution is 0.0677. The second-order valence-corrected chi connectivity index (χ2v) is 3.20. The van der Waals surface area contributed by atoms with Crippen LogP contribution in [-0.2, 0) is 9.47 Å². The van der Waals surface area contributed by atoms with Crippen molar-refractivity contribution in [1.29, 1.82) is 0 Å². The molecule has 0 aromatic carbocycles.